The Kier molecular flexibility index (Phi) is 4.90. The van der Waals surface area contributed by atoms with Crippen LogP contribution in [0.25, 0.3) is 16.8 Å². The fourth-order valence-corrected chi connectivity index (χ4v) is 3.85. The normalized spacial score (nSPS) is 16.1. The van der Waals surface area contributed by atoms with Crippen LogP contribution in [0.4, 0.5) is 4.79 Å². The minimum Gasteiger partial charge on any atom is -0.268 e. The van der Waals surface area contributed by atoms with E-state index < -0.39 is 0 Å². The van der Waals surface area contributed by atoms with Crippen molar-refractivity contribution in [3.05, 3.63) is 101 Å². The van der Waals surface area contributed by atoms with Gasteiger partial charge in [0.1, 0.15) is 0 Å². The molecule has 1 aliphatic rings. The van der Waals surface area contributed by atoms with Crippen LogP contribution >= 0.6 is 11.8 Å². The summed E-state index contributed by atoms with van der Waals surface area (Å²) in [5, 5.41) is 1.93. The maximum atomic E-state index is 12.7. The summed E-state index contributed by atoms with van der Waals surface area (Å²) < 4.78 is 0. The quantitative estimate of drug-likeness (QED) is 0.558. The molecule has 4 heteroatoms. The molecule has 0 spiro atoms. The molecule has 0 radical (unpaired) electrons. The van der Waals surface area contributed by atoms with Crippen LogP contribution in [-0.4, -0.2) is 16.0 Å². The fourth-order valence-electron chi connectivity index (χ4n) is 3.06. The molecule has 2 amide bonds. The minimum absolute atomic E-state index is 0.229. The van der Waals surface area contributed by atoms with Gasteiger partial charge in [0.2, 0.25) is 0 Å². The summed E-state index contributed by atoms with van der Waals surface area (Å²) in [6.45, 7) is 0.283. The van der Waals surface area contributed by atoms with Gasteiger partial charge in [0.25, 0.3) is 11.1 Å². The largest absolute Gasteiger partial charge is 0.293 e. The number of allylic oxidation sites excluding steroid dienone is 2. The molecule has 1 aliphatic heterocycles. The molecule has 0 aromatic heterocycles. The van der Waals surface area contributed by atoms with Crippen molar-refractivity contribution >= 4 is 39.8 Å². The summed E-state index contributed by atoms with van der Waals surface area (Å²) in [6, 6.07) is 23.8. The summed E-state index contributed by atoms with van der Waals surface area (Å²) in [5.74, 6) is -0.240. The lowest BCUT2D eigenvalue weighted by atomic mass is 10.0. The lowest BCUT2D eigenvalue weighted by molar-refractivity contribution is -0.123. The van der Waals surface area contributed by atoms with Crippen LogP contribution in [0.2, 0.25) is 0 Å². The van der Waals surface area contributed by atoms with Gasteiger partial charge in [0.15, 0.2) is 0 Å². The first-order valence-electron chi connectivity index (χ1n) is 8.66. The van der Waals surface area contributed by atoms with Crippen molar-refractivity contribution in [3.8, 4) is 0 Å². The van der Waals surface area contributed by atoms with Gasteiger partial charge in [0.05, 0.1) is 11.4 Å². The average molecular weight is 371 g/mol. The Bertz CT molecular complexity index is 1060. The Labute approximate surface area is 162 Å². The molecular formula is C23H17NO2S. The molecule has 0 bridgehead atoms. The molecule has 3 aromatic rings. The first-order valence-corrected chi connectivity index (χ1v) is 9.48. The van der Waals surface area contributed by atoms with E-state index in [1.54, 1.807) is 6.08 Å². The SMILES string of the molecule is O=C1S/C(=C\C=C\c2ccccc2)C(=O)N1Cc1cccc2ccccc12. The van der Waals surface area contributed by atoms with E-state index in [9.17, 15) is 9.59 Å². The molecule has 1 fully saturated rings. The van der Waals surface area contributed by atoms with Crippen molar-refractivity contribution in [1.82, 2.24) is 4.90 Å². The van der Waals surface area contributed by atoms with Gasteiger partial charge in [-0.15, -0.1) is 0 Å². The number of benzene rings is 3. The van der Waals surface area contributed by atoms with E-state index in [-0.39, 0.29) is 17.7 Å². The zero-order valence-electron chi connectivity index (χ0n) is 14.5. The third-order valence-corrected chi connectivity index (χ3v) is 5.34. The van der Waals surface area contributed by atoms with Crippen molar-refractivity contribution in [2.75, 3.05) is 0 Å². The summed E-state index contributed by atoms with van der Waals surface area (Å²) in [5.41, 5.74) is 2.01. The lowest BCUT2D eigenvalue weighted by Crippen LogP contribution is -2.27. The van der Waals surface area contributed by atoms with E-state index in [1.165, 1.54) is 4.90 Å². The van der Waals surface area contributed by atoms with E-state index in [2.05, 4.69) is 0 Å². The van der Waals surface area contributed by atoms with Crippen molar-refractivity contribution in [2.45, 2.75) is 6.54 Å². The molecule has 3 aromatic carbocycles. The summed E-state index contributed by atoms with van der Waals surface area (Å²) in [4.78, 5) is 26.8. The summed E-state index contributed by atoms with van der Waals surface area (Å²) in [6.07, 6.45) is 5.43. The third-order valence-electron chi connectivity index (χ3n) is 4.42. The molecule has 0 aliphatic carbocycles. The van der Waals surface area contributed by atoms with Gasteiger partial charge in [-0.05, 0) is 39.7 Å². The topological polar surface area (TPSA) is 37.4 Å². The molecule has 132 valence electrons. The number of fused-ring (bicyclic) bond motifs is 1. The summed E-state index contributed by atoms with van der Waals surface area (Å²) in [7, 11) is 0. The molecular weight excluding hydrogens is 354 g/mol. The zero-order chi connectivity index (χ0) is 18.6. The standard InChI is InChI=1S/C23H17NO2S/c25-22-21(15-6-10-17-8-2-1-3-9-17)27-23(26)24(22)16-19-13-7-12-18-11-4-5-14-20(18)19/h1-15H,16H2/b10-6+,21-15-. The second kappa shape index (κ2) is 7.64. The lowest BCUT2D eigenvalue weighted by Gasteiger charge is -2.14. The van der Waals surface area contributed by atoms with E-state index in [0.717, 1.165) is 33.7 Å². The Balaban J connectivity index is 1.54. The molecule has 0 saturated carbocycles. The molecule has 1 saturated heterocycles. The van der Waals surface area contributed by atoms with Gasteiger partial charge in [-0.3, -0.25) is 14.5 Å². The Hall–Kier alpha value is -3.11. The smallest absolute Gasteiger partial charge is 0.268 e. The molecule has 1 heterocycles. The number of imide groups is 1. The van der Waals surface area contributed by atoms with Gasteiger partial charge < -0.3 is 0 Å². The summed E-state index contributed by atoms with van der Waals surface area (Å²) >= 11 is 0.989. The van der Waals surface area contributed by atoms with Crippen LogP contribution in [0.1, 0.15) is 11.1 Å². The molecule has 4 rings (SSSR count). The minimum atomic E-state index is -0.240. The maximum Gasteiger partial charge on any atom is 0.293 e. The van der Waals surface area contributed by atoms with Gasteiger partial charge in [-0.2, -0.15) is 0 Å². The van der Waals surface area contributed by atoms with Crippen molar-refractivity contribution in [1.29, 1.82) is 0 Å². The number of amides is 2. The van der Waals surface area contributed by atoms with Crippen LogP contribution < -0.4 is 0 Å². The van der Waals surface area contributed by atoms with Crippen LogP contribution in [-0.2, 0) is 11.3 Å². The van der Waals surface area contributed by atoms with E-state index in [0.29, 0.717) is 4.91 Å². The van der Waals surface area contributed by atoms with Crippen LogP contribution in [0.5, 0.6) is 0 Å². The van der Waals surface area contributed by atoms with Crippen LogP contribution in [0.3, 0.4) is 0 Å². The maximum absolute atomic E-state index is 12.7. The second-order valence-electron chi connectivity index (χ2n) is 6.20. The zero-order valence-corrected chi connectivity index (χ0v) is 15.4. The van der Waals surface area contributed by atoms with Crippen LogP contribution in [0, 0.1) is 0 Å². The second-order valence-corrected chi connectivity index (χ2v) is 7.19. The molecule has 0 unspecified atom stereocenters. The van der Waals surface area contributed by atoms with E-state index >= 15 is 0 Å². The van der Waals surface area contributed by atoms with Crippen molar-refractivity contribution in [3.63, 3.8) is 0 Å². The number of nitrogens with zero attached hydrogens (tertiary/aromatic N) is 1. The predicted octanol–water partition coefficient (Wildman–Crippen LogP) is 5.63. The number of carbonyl (C=O) groups is 2. The van der Waals surface area contributed by atoms with Gasteiger partial charge in [0, 0.05) is 0 Å². The van der Waals surface area contributed by atoms with E-state index in [1.807, 2.05) is 84.9 Å². The number of hydrogen-bond acceptors (Lipinski definition) is 3. The van der Waals surface area contributed by atoms with Gasteiger partial charge in [-0.1, -0.05) is 84.9 Å². The Morgan fingerprint density at radius 2 is 1.59 bits per heavy atom. The first-order chi connectivity index (χ1) is 13.2. The molecule has 3 nitrogen and oxygen atoms in total. The number of rotatable bonds is 4. The monoisotopic (exact) mass is 371 g/mol. The highest BCUT2D eigenvalue weighted by molar-refractivity contribution is 8.18. The number of thioether (sulfide) groups is 1. The van der Waals surface area contributed by atoms with Gasteiger partial charge >= 0.3 is 0 Å². The fraction of sp³-hybridized carbons (Fsp3) is 0.0435. The highest BCUT2D eigenvalue weighted by atomic mass is 32.2. The Morgan fingerprint density at radius 3 is 2.44 bits per heavy atom. The first kappa shape index (κ1) is 17.3. The van der Waals surface area contributed by atoms with Gasteiger partial charge in [-0.25, -0.2) is 0 Å². The number of hydrogen-bond donors (Lipinski definition) is 0. The van der Waals surface area contributed by atoms with Crippen molar-refractivity contribution in [2.24, 2.45) is 0 Å². The van der Waals surface area contributed by atoms with E-state index in [4.69, 9.17) is 0 Å². The average Bonchev–Trinajstić information content (AvgIpc) is 2.97. The third kappa shape index (κ3) is 3.71. The molecule has 27 heavy (non-hydrogen) atoms. The van der Waals surface area contributed by atoms with Crippen molar-refractivity contribution < 1.29 is 9.59 Å². The predicted molar refractivity (Wildman–Crippen MR) is 111 cm³/mol. The molecule has 0 atom stereocenters. The highest BCUT2D eigenvalue weighted by Crippen LogP contribution is 2.33. The number of carbonyl (C=O) groups excluding carboxylic acids is 2. The highest BCUT2D eigenvalue weighted by Gasteiger charge is 2.34. The Morgan fingerprint density at radius 1 is 0.852 bits per heavy atom. The van der Waals surface area contributed by atoms with Crippen LogP contribution in [0.15, 0.2) is 89.9 Å². The molecule has 0 N–H and O–H groups in total.